The van der Waals surface area contributed by atoms with Gasteiger partial charge in [0.05, 0.1) is 23.5 Å². The number of carbonyl (C=O) groups is 2. The zero-order chi connectivity index (χ0) is 18.6. The SMILES string of the molecule is CCOc1ccc(/C=C2\SC(=S)N([C@@H](C(=O)[O-])[C@H](C)CC)C2=O)cc1. The van der Waals surface area contributed by atoms with E-state index in [-0.39, 0.29) is 10.2 Å². The number of carboxylic acid groups (broad SMARTS) is 1. The van der Waals surface area contributed by atoms with Gasteiger partial charge in [0.1, 0.15) is 10.1 Å². The van der Waals surface area contributed by atoms with Crippen molar-refractivity contribution >= 4 is 46.3 Å². The van der Waals surface area contributed by atoms with E-state index in [0.29, 0.717) is 17.9 Å². The fraction of sp³-hybridized carbons (Fsp3) is 0.389. The van der Waals surface area contributed by atoms with Crippen molar-refractivity contribution in [1.29, 1.82) is 0 Å². The van der Waals surface area contributed by atoms with Crippen molar-refractivity contribution in [3.63, 3.8) is 0 Å². The van der Waals surface area contributed by atoms with Crippen LogP contribution in [0.3, 0.4) is 0 Å². The maximum Gasteiger partial charge on any atom is 0.266 e. The Hall–Kier alpha value is -1.86. The second-order valence-electron chi connectivity index (χ2n) is 5.70. The molecule has 1 fully saturated rings. The highest BCUT2D eigenvalue weighted by atomic mass is 32.2. The summed E-state index contributed by atoms with van der Waals surface area (Å²) in [6.45, 7) is 6.13. The molecular weight excluding hydrogens is 358 g/mol. The van der Waals surface area contributed by atoms with Crippen LogP contribution in [0.1, 0.15) is 32.8 Å². The van der Waals surface area contributed by atoms with Gasteiger partial charge in [-0.25, -0.2) is 0 Å². The molecule has 2 rings (SSSR count). The lowest BCUT2D eigenvalue weighted by Gasteiger charge is -2.32. The van der Waals surface area contributed by atoms with Crippen LogP contribution in [0.15, 0.2) is 29.2 Å². The Labute approximate surface area is 157 Å². The van der Waals surface area contributed by atoms with Gasteiger partial charge < -0.3 is 14.6 Å². The predicted octanol–water partition coefficient (Wildman–Crippen LogP) is 2.45. The van der Waals surface area contributed by atoms with E-state index in [1.54, 1.807) is 13.0 Å². The van der Waals surface area contributed by atoms with Crippen LogP contribution in [0.4, 0.5) is 0 Å². The first kappa shape index (κ1) is 19.5. The normalized spacial score (nSPS) is 18.5. The van der Waals surface area contributed by atoms with Gasteiger partial charge in [0, 0.05) is 0 Å². The van der Waals surface area contributed by atoms with E-state index in [4.69, 9.17) is 17.0 Å². The third-order valence-electron chi connectivity index (χ3n) is 4.02. The van der Waals surface area contributed by atoms with Gasteiger partial charge in [0.25, 0.3) is 5.91 Å². The molecule has 1 aromatic rings. The van der Waals surface area contributed by atoms with Gasteiger partial charge in [-0.15, -0.1) is 0 Å². The Bertz CT molecular complexity index is 700. The molecule has 0 saturated carbocycles. The highest BCUT2D eigenvalue weighted by molar-refractivity contribution is 8.26. The topological polar surface area (TPSA) is 69.7 Å². The summed E-state index contributed by atoms with van der Waals surface area (Å²) in [5, 5.41) is 11.5. The Morgan fingerprint density at radius 2 is 2.00 bits per heavy atom. The highest BCUT2D eigenvalue weighted by Crippen LogP contribution is 2.35. The van der Waals surface area contributed by atoms with Crippen molar-refractivity contribution in [2.75, 3.05) is 6.61 Å². The number of rotatable bonds is 7. The Morgan fingerprint density at radius 3 is 2.52 bits per heavy atom. The smallest absolute Gasteiger partial charge is 0.266 e. The van der Waals surface area contributed by atoms with E-state index in [1.807, 2.05) is 38.1 Å². The third-order valence-corrected chi connectivity index (χ3v) is 5.35. The van der Waals surface area contributed by atoms with Gasteiger partial charge in [-0.1, -0.05) is 56.4 Å². The molecule has 1 saturated heterocycles. The number of benzene rings is 1. The molecule has 0 bridgehead atoms. The average Bonchev–Trinajstić information content (AvgIpc) is 2.84. The summed E-state index contributed by atoms with van der Waals surface area (Å²) in [6.07, 6.45) is 2.31. The first-order chi connectivity index (χ1) is 11.9. The molecular formula is C18H20NO4S2-. The number of ether oxygens (including phenoxy) is 1. The monoisotopic (exact) mass is 378 g/mol. The molecule has 5 nitrogen and oxygen atoms in total. The first-order valence-electron chi connectivity index (χ1n) is 8.09. The number of hydrogen-bond donors (Lipinski definition) is 0. The molecule has 25 heavy (non-hydrogen) atoms. The van der Waals surface area contributed by atoms with Crippen LogP contribution in [-0.2, 0) is 9.59 Å². The van der Waals surface area contributed by atoms with Gasteiger partial charge in [-0.05, 0) is 36.6 Å². The van der Waals surface area contributed by atoms with Crippen LogP contribution in [-0.4, -0.2) is 33.7 Å². The van der Waals surface area contributed by atoms with E-state index in [2.05, 4.69) is 0 Å². The lowest BCUT2D eigenvalue weighted by Crippen LogP contribution is -2.53. The van der Waals surface area contributed by atoms with Crippen LogP contribution >= 0.6 is 24.0 Å². The number of aliphatic carboxylic acids is 1. The van der Waals surface area contributed by atoms with Gasteiger partial charge in [0.15, 0.2) is 0 Å². The lowest BCUT2D eigenvalue weighted by atomic mass is 9.98. The standard InChI is InChI=1S/C18H21NO4S2/c1-4-11(3)15(17(21)22)19-16(20)14(25-18(19)24)10-12-6-8-13(9-7-12)23-5-2/h6-11,15H,4-5H2,1-3H3,(H,21,22)/p-1/b14-10-/t11-,15-/m1/s1. The fourth-order valence-electron chi connectivity index (χ4n) is 2.51. The minimum atomic E-state index is -1.28. The number of amides is 1. The highest BCUT2D eigenvalue weighted by Gasteiger charge is 2.39. The summed E-state index contributed by atoms with van der Waals surface area (Å²) >= 11 is 6.36. The van der Waals surface area contributed by atoms with E-state index in [0.717, 1.165) is 23.1 Å². The van der Waals surface area contributed by atoms with Gasteiger partial charge in [-0.2, -0.15) is 0 Å². The van der Waals surface area contributed by atoms with Crippen molar-refractivity contribution in [2.45, 2.75) is 33.2 Å². The number of hydrogen-bond acceptors (Lipinski definition) is 6. The maximum atomic E-state index is 12.7. The number of carbonyl (C=O) groups excluding carboxylic acids is 2. The van der Waals surface area contributed by atoms with Crippen LogP contribution in [0.2, 0.25) is 0 Å². The minimum Gasteiger partial charge on any atom is -0.548 e. The Balaban J connectivity index is 2.26. The van der Waals surface area contributed by atoms with E-state index < -0.39 is 17.9 Å². The summed E-state index contributed by atoms with van der Waals surface area (Å²) < 4.78 is 5.64. The molecule has 0 aliphatic carbocycles. The Kier molecular flexibility index (Phi) is 6.61. The average molecular weight is 378 g/mol. The first-order valence-corrected chi connectivity index (χ1v) is 9.32. The molecule has 1 amide bonds. The molecule has 134 valence electrons. The summed E-state index contributed by atoms with van der Waals surface area (Å²) in [7, 11) is 0. The van der Waals surface area contributed by atoms with Crippen molar-refractivity contribution in [1.82, 2.24) is 4.90 Å². The summed E-state index contributed by atoms with van der Waals surface area (Å²) in [6, 6.07) is 6.26. The van der Waals surface area contributed by atoms with E-state index in [9.17, 15) is 14.7 Å². The van der Waals surface area contributed by atoms with Gasteiger partial charge in [-0.3, -0.25) is 9.69 Å². The Morgan fingerprint density at radius 1 is 1.36 bits per heavy atom. The second kappa shape index (κ2) is 8.49. The molecule has 0 spiro atoms. The molecule has 1 heterocycles. The number of thiocarbonyl (C=S) groups is 1. The van der Waals surface area contributed by atoms with Crippen molar-refractivity contribution in [2.24, 2.45) is 5.92 Å². The molecule has 7 heteroatoms. The quantitative estimate of drug-likeness (QED) is 0.536. The molecule has 0 N–H and O–H groups in total. The van der Waals surface area contributed by atoms with Crippen LogP contribution in [0.25, 0.3) is 6.08 Å². The molecule has 0 radical (unpaired) electrons. The predicted molar refractivity (Wildman–Crippen MR) is 101 cm³/mol. The zero-order valence-corrected chi connectivity index (χ0v) is 16.0. The van der Waals surface area contributed by atoms with Gasteiger partial charge in [0.2, 0.25) is 0 Å². The molecule has 0 aromatic heterocycles. The van der Waals surface area contributed by atoms with E-state index >= 15 is 0 Å². The lowest BCUT2D eigenvalue weighted by molar-refractivity contribution is -0.311. The maximum absolute atomic E-state index is 12.7. The molecule has 2 atom stereocenters. The largest absolute Gasteiger partial charge is 0.548 e. The number of carboxylic acids is 1. The second-order valence-corrected chi connectivity index (χ2v) is 7.38. The van der Waals surface area contributed by atoms with Crippen molar-refractivity contribution in [3.8, 4) is 5.75 Å². The van der Waals surface area contributed by atoms with Crippen LogP contribution in [0.5, 0.6) is 5.75 Å². The summed E-state index contributed by atoms with van der Waals surface area (Å²) in [4.78, 5) is 25.8. The molecule has 1 aliphatic rings. The fourth-order valence-corrected chi connectivity index (χ4v) is 3.84. The summed E-state index contributed by atoms with van der Waals surface area (Å²) in [5.74, 6) is -1.18. The van der Waals surface area contributed by atoms with E-state index in [1.165, 1.54) is 4.90 Å². The van der Waals surface area contributed by atoms with Gasteiger partial charge >= 0.3 is 0 Å². The van der Waals surface area contributed by atoms with Crippen LogP contribution in [0, 0.1) is 5.92 Å². The zero-order valence-electron chi connectivity index (χ0n) is 14.4. The molecule has 1 aromatic carbocycles. The summed E-state index contributed by atoms with van der Waals surface area (Å²) in [5.41, 5.74) is 0.817. The van der Waals surface area contributed by atoms with Crippen molar-refractivity contribution in [3.05, 3.63) is 34.7 Å². The molecule has 1 aliphatic heterocycles. The van der Waals surface area contributed by atoms with Crippen LogP contribution < -0.4 is 9.84 Å². The number of nitrogens with zero attached hydrogens (tertiary/aromatic N) is 1. The third kappa shape index (κ3) is 4.41. The van der Waals surface area contributed by atoms with Crippen molar-refractivity contribution < 1.29 is 19.4 Å². The molecule has 0 unspecified atom stereocenters. The number of thioether (sulfide) groups is 1. The minimum absolute atomic E-state index is 0.247.